The molecule has 2 aromatic heterocycles. The van der Waals surface area contributed by atoms with E-state index in [0.29, 0.717) is 17.2 Å². The summed E-state index contributed by atoms with van der Waals surface area (Å²) < 4.78 is 7.31. The Hall–Kier alpha value is -2.67. The van der Waals surface area contributed by atoms with Gasteiger partial charge in [-0.2, -0.15) is 0 Å². The number of benzene rings is 1. The first kappa shape index (κ1) is 13.3. The van der Waals surface area contributed by atoms with Gasteiger partial charge in [-0.05, 0) is 25.1 Å². The summed E-state index contributed by atoms with van der Waals surface area (Å²) in [4.78, 5) is 15.1. The van der Waals surface area contributed by atoms with Crippen molar-refractivity contribution in [3.05, 3.63) is 47.0 Å². The van der Waals surface area contributed by atoms with Gasteiger partial charge in [0.05, 0.1) is 10.6 Å². The van der Waals surface area contributed by atoms with E-state index in [9.17, 15) is 4.79 Å². The minimum Gasteiger partial charge on any atom is -0.478 e. The van der Waals surface area contributed by atoms with Crippen LogP contribution in [0, 0.1) is 6.92 Å². The number of rotatable bonds is 3. The number of carboxylic acids is 1. The number of aryl methyl sites for hydroxylation is 1. The lowest BCUT2D eigenvalue weighted by molar-refractivity contribution is 0.0696. The molecule has 0 radical (unpaired) electrons. The van der Waals surface area contributed by atoms with Gasteiger partial charge in [-0.15, -0.1) is 10.2 Å². The molecule has 0 aliphatic rings. The van der Waals surface area contributed by atoms with Crippen molar-refractivity contribution in [3.63, 3.8) is 0 Å². The Balaban J connectivity index is 2.03. The Morgan fingerprint density at radius 2 is 2.19 bits per heavy atom. The predicted molar refractivity (Wildman–Crippen MR) is 74.0 cm³/mol. The molecule has 0 unspecified atom stereocenters. The van der Waals surface area contributed by atoms with Gasteiger partial charge in [0.25, 0.3) is 5.88 Å². The number of ether oxygens (including phenoxy) is 1. The van der Waals surface area contributed by atoms with Crippen LogP contribution in [0.1, 0.15) is 16.2 Å². The van der Waals surface area contributed by atoms with E-state index < -0.39 is 5.97 Å². The van der Waals surface area contributed by atoms with Gasteiger partial charge in [0.2, 0.25) is 5.65 Å². The molecule has 3 rings (SSSR count). The second kappa shape index (κ2) is 5.02. The zero-order valence-corrected chi connectivity index (χ0v) is 11.6. The van der Waals surface area contributed by atoms with Crippen LogP contribution >= 0.6 is 11.6 Å². The molecule has 1 aromatic carbocycles. The summed E-state index contributed by atoms with van der Waals surface area (Å²) in [5, 5.41) is 17.1. The molecule has 0 amide bonds. The van der Waals surface area contributed by atoms with E-state index in [0.717, 1.165) is 0 Å². The molecule has 0 saturated heterocycles. The molecule has 1 N–H and O–H groups in total. The summed E-state index contributed by atoms with van der Waals surface area (Å²) in [7, 11) is 0. The third kappa shape index (κ3) is 2.38. The summed E-state index contributed by atoms with van der Waals surface area (Å²) >= 11 is 5.81. The largest absolute Gasteiger partial charge is 0.478 e. The van der Waals surface area contributed by atoms with Gasteiger partial charge < -0.3 is 9.84 Å². The van der Waals surface area contributed by atoms with E-state index in [4.69, 9.17) is 21.4 Å². The maximum atomic E-state index is 11.1. The third-order valence-electron chi connectivity index (χ3n) is 2.85. The van der Waals surface area contributed by atoms with Gasteiger partial charge in [0.15, 0.2) is 0 Å². The molecule has 2 heterocycles. The fourth-order valence-electron chi connectivity index (χ4n) is 1.83. The minimum absolute atomic E-state index is 0.0428. The van der Waals surface area contributed by atoms with Crippen LogP contribution in [0.25, 0.3) is 5.65 Å². The summed E-state index contributed by atoms with van der Waals surface area (Å²) in [6, 6.07) is 4.35. The lowest BCUT2D eigenvalue weighted by Crippen LogP contribution is -1.99. The van der Waals surface area contributed by atoms with Crippen molar-refractivity contribution in [1.82, 2.24) is 19.6 Å². The van der Waals surface area contributed by atoms with Crippen molar-refractivity contribution in [2.75, 3.05) is 0 Å². The molecule has 0 bridgehead atoms. The zero-order chi connectivity index (χ0) is 15.0. The number of aromatic carboxylic acids is 1. The van der Waals surface area contributed by atoms with Crippen molar-refractivity contribution in [1.29, 1.82) is 0 Å². The monoisotopic (exact) mass is 304 g/mol. The van der Waals surface area contributed by atoms with E-state index in [-0.39, 0.29) is 16.5 Å². The molecule has 0 saturated carbocycles. The van der Waals surface area contributed by atoms with Crippen LogP contribution in [0.15, 0.2) is 30.6 Å². The van der Waals surface area contributed by atoms with Crippen molar-refractivity contribution < 1.29 is 14.6 Å². The predicted octanol–water partition coefficient (Wildman–Crippen LogP) is 2.58. The van der Waals surface area contributed by atoms with Crippen LogP contribution in [0.4, 0.5) is 0 Å². The molecule has 0 atom stereocenters. The van der Waals surface area contributed by atoms with Gasteiger partial charge in [0, 0.05) is 12.4 Å². The van der Waals surface area contributed by atoms with Crippen molar-refractivity contribution >= 4 is 23.2 Å². The molecule has 0 fully saturated rings. The molecular formula is C13H9ClN4O3. The highest BCUT2D eigenvalue weighted by Crippen LogP contribution is 2.27. The number of nitrogens with zero attached hydrogens (tertiary/aromatic N) is 4. The molecule has 7 nitrogen and oxygen atoms in total. The topological polar surface area (TPSA) is 89.6 Å². The van der Waals surface area contributed by atoms with E-state index in [1.54, 1.807) is 29.8 Å². The highest BCUT2D eigenvalue weighted by Gasteiger charge is 2.13. The van der Waals surface area contributed by atoms with Gasteiger partial charge in [-0.25, -0.2) is 9.78 Å². The summed E-state index contributed by atoms with van der Waals surface area (Å²) in [6.45, 7) is 1.80. The average Bonchev–Trinajstić information content (AvgIpc) is 2.84. The lowest BCUT2D eigenvalue weighted by Gasteiger charge is -2.07. The second-order valence-electron chi connectivity index (χ2n) is 4.22. The molecule has 106 valence electrons. The maximum Gasteiger partial charge on any atom is 0.337 e. The summed E-state index contributed by atoms with van der Waals surface area (Å²) in [5.41, 5.74) is 0.403. The van der Waals surface area contributed by atoms with Gasteiger partial charge >= 0.3 is 5.97 Å². The Morgan fingerprint density at radius 3 is 2.95 bits per heavy atom. The van der Waals surface area contributed by atoms with Crippen LogP contribution in [0.5, 0.6) is 11.6 Å². The van der Waals surface area contributed by atoms with E-state index in [1.807, 2.05) is 0 Å². The van der Waals surface area contributed by atoms with Crippen molar-refractivity contribution in [2.45, 2.75) is 6.92 Å². The zero-order valence-electron chi connectivity index (χ0n) is 10.8. The van der Waals surface area contributed by atoms with E-state index >= 15 is 0 Å². The Morgan fingerprint density at radius 1 is 1.38 bits per heavy atom. The molecule has 3 aromatic rings. The third-order valence-corrected chi connectivity index (χ3v) is 3.18. The molecule has 21 heavy (non-hydrogen) atoms. The van der Waals surface area contributed by atoms with Gasteiger partial charge in [-0.1, -0.05) is 11.6 Å². The maximum absolute atomic E-state index is 11.1. The first-order chi connectivity index (χ1) is 10.1. The van der Waals surface area contributed by atoms with Crippen molar-refractivity contribution in [2.24, 2.45) is 0 Å². The smallest absolute Gasteiger partial charge is 0.337 e. The normalized spacial score (nSPS) is 10.8. The number of hydrogen-bond acceptors (Lipinski definition) is 5. The minimum atomic E-state index is -1.13. The molecule has 0 aliphatic heterocycles. The summed E-state index contributed by atoms with van der Waals surface area (Å²) in [5.74, 6) is 0.101. The Kier molecular flexibility index (Phi) is 3.19. The standard InChI is InChI=1S/C13H9ClN4O3/c1-7-16-17-11-12(15-4-5-18(7)11)21-8-2-3-10(14)9(6-8)13(19)20/h2-6H,1H3,(H,19,20). The number of halogens is 1. The highest BCUT2D eigenvalue weighted by atomic mass is 35.5. The average molecular weight is 305 g/mol. The number of fused-ring (bicyclic) bond motifs is 1. The SMILES string of the molecule is Cc1nnc2c(Oc3ccc(Cl)c(C(=O)O)c3)nccn12. The molecular weight excluding hydrogens is 296 g/mol. The summed E-state index contributed by atoms with van der Waals surface area (Å²) in [6.07, 6.45) is 3.26. The number of hydrogen-bond donors (Lipinski definition) is 1. The van der Waals surface area contributed by atoms with Crippen LogP contribution in [-0.4, -0.2) is 30.7 Å². The van der Waals surface area contributed by atoms with Crippen LogP contribution in [-0.2, 0) is 0 Å². The van der Waals surface area contributed by atoms with E-state index in [1.165, 1.54) is 12.1 Å². The highest BCUT2D eigenvalue weighted by molar-refractivity contribution is 6.33. The number of aromatic nitrogens is 4. The van der Waals surface area contributed by atoms with Crippen LogP contribution < -0.4 is 4.74 Å². The fraction of sp³-hybridized carbons (Fsp3) is 0.0769. The Labute approximate surface area is 123 Å². The second-order valence-corrected chi connectivity index (χ2v) is 4.63. The van der Waals surface area contributed by atoms with E-state index in [2.05, 4.69) is 15.2 Å². The van der Waals surface area contributed by atoms with Crippen LogP contribution in [0.2, 0.25) is 5.02 Å². The van der Waals surface area contributed by atoms with Gasteiger partial charge in [-0.3, -0.25) is 4.40 Å². The fourth-order valence-corrected chi connectivity index (χ4v) is 2.03. The van der Waals surface area contributed by atoms with Crippen LogP contribution in [0.3, 0.4) is 0 Å². The lowest BCUT2D eigenvalue weighted by atomic mass is 10.2. The molecule has 0 aliphatic carbocycles. The first-order valence-corrected chi connectivity index (χ1v) is 6.31. The first-order valence-electron chi connectivity index (χ1n) is 5.93. The number of carbonyl (C=O) groups is 1. The van der Waals surface area contributed by atoms with Crippen molar-refractivity contribution in [3.8, 4) is 11.6 Å². The Bertz CT molecular complexity index is 847. The number of carboxylic acid groups (broad SMARTS) is 1. The quantitative estimate of drug-likeness (QED) is 0.800. The van der Waals surface area contributed by atoms with Gasteiger partial charge in [0.1, 0.15) is 11.6 Å². The molecule has 8 heteroatoms. The molecule has 0 spiro atoms.